The quantitative estimate of drug-likeness (QED) is 0.406. The summed E-state index contributed by atoms with van der Waals surface area (Å²) in [4.78, 5) is 29.5. The van der Waals surface area contributed by atoms with Crippen molar-refractivity contribution in [3.8, 4) is 22.8 Å². The molecular weight excluding hydrogens is 458 g/mol. The van der Waals surface area contributed by atoms with E-state index in [2.05, 4.69) is 27.0 Å². The molecule has 1 aromatic carbocycles. The van der Waals surface area contributed by atoms with Crippen LogP contribution in [0, 0.1) is 0 Å². The summed E-state index contributed by atoms with van der Waals surface area (Å²) < 4.78 is 12.4. The van der Waals surface area contributed by atoms with Crippen LogP contribution in [0.2, 0.25) is 0 Å². The molecule has 1 saturated heterocycles. The molecule has 1 N–H and O–H groups in total. The van der Waals surface area contributed by atoms with Crippen LogP contribution in [-0.2, 0) is 24.2 Å². The first-order chi connectivity index (χ1) is 17.5. The zero-order chi connectivity index (χ0) is 25.1. The Morgan fingerprint density at radius 3 is 2.47 bits per heavy atom. The zero-order valence-electron chi connectivity index (χ0n) is 20.9. The molecule has 1 amide bonds. The number of aromatic amines is 1. The van der Waals surface area contributed by atoms with Gasteiger partial charge in [-0.3, -0.25) is 9.48 Å². The number of amides is 1. The van der Waals surface area contributed by atoms with Gasteiger partial charge in [-0.1, -0.05) is 0 Å². The van der Waals surface area contributed by atoms with E-state index in [1.165, 1.54) is 0 Å². The standard InChI is InChI=1S/C26H31N7O3/c1-31-6-8-32(9-7-31)25(34)17-33-16-19(14-28-33)23-13-24-26(30-23)27-15-20(29-24)5-4-18-10-21(35-2)12-22(11-18)36-3/h10-16H,4-9,17H2,1-3H3,(H,27,30). The van der Waals surface area contributed by atoms with Crippen molar-refractivity contribution in [2.75, 3.05) is 47.4 Å². The topological polar surface area (TPSA) is 101 Å². The highest BCUT2D eigenvalue weighted by Crippen LogP contribution is 2.24. The molecular formula is C26H31N7O3. The molecule has 5 rings (SSSR count). The summed E-state index contributed by atoms with van der Waals surface area (Å²) in [5.41, 5.74) is 5.30. The molecule has 4 heterocycles. The second kappa shape index (κ2) is 10.4. The first-order valence-electron chi connectivity index (χ1n) is 12.1. The summed E-state index contributed by atoms with van der Waals surface area (Å²) in [5.74, 6) is 1.63. The number of ether oxygens (including phenoxy) is 2. The Bertz CT molecular complexity index is 1330. The van der Waals surface area contributed by atoms with E-state index in [4.69, 9.17) is 14.5 Å². The molecule has 10 heteroatoms. The van der Waals surface area contributed by atoms with E-state index in [-0.39, 0.29) is 12.5 Å². The van der Waals surface area contributed by atoms with E-state index in [0.717, 1.165) is 84.2 Å². The number of H-pyrrole nitrogens is 1. The van der Waals surface area contributed by atoms with Crippen LogP contribution in [0.1, 0.15) is 11.3 Å². The smallest absolute Gasteiger partial charge is 0.244 e. The van der Waals surface area contributed by atoms with Crippen molar-refractivity contribution < 1.29 is 14.3 Å². The van der Waals surface area contributed by atoms with Crippen molar-refractivity contribution in [2.45, 2.75) is 19.4 Å². The number of aryl methyl sites for hydroxylation is 2. The fourth-order valence-electron chi connectivity index (χ4n) is 4.38. The molecule has 0 radical (unpaired) electrons. The highest BCUT2D eigenvalue weighted by Gasteiger charge is 2.19. The van der Waals surface area contributed by atoms with E-state index in [1.807, 2.05) is 35.4 Å². The lowest BCUT2D eigenvalue weighted by Crippen LogP contribution is -2.48. The summed E-state index contributed by atoms with van der Waals surface area (Å²) >= 11 is 0. The summed E-state index contributed by atoms with van der Waals surface area (Å²) in [7, 11) is 5.37. The summed E-state index contributed by atoms with van der Waals surface area (Å²) in [6, 6.07) is 7.86. The molecule has 1 aliphatic heterocycles. The average Bonchev–Trinajstić information content (AvgIpc) is 3.54. The van der Waals surface area contributed by atoms with Gasteiger partial charge in [0, 0.05) is 44.0 Å². The predicted molar refractivity (Wildman–Crippen MR) is 136 cm³/mol. The lowest BCUT2D eigenvalue weighted by Gasteiger charge is -2.32. The van der Waals surface area contributed by atoms with Gasteiger partial charge in [0.25, 0.3) is 0 Å². The second-order valence-corrected chi connectivity index (χ2v) is 9.11. The molecule has 3 aromatic heterocycles. The van der Waals surface area contributed by atoms with Gasteiger partial charge in [-0.2, -0.15) is 5.10 Å². The van der Waals surface area contributed by atoms with Crippen LogP contribution in [0.25, 0.3) is 22.4 Å². The van der Waals surface area contributed by atoms with E-state index >= 15 is 0 Å². The summed E-state index contributed by atoms with van der Waals surface area (Å²) in [5, 5.41) is 4.40. The number of fused-ring (bicyclic) bond motifs is 1. The van der Waals surface area contributed by atoms with Gasteiger partial charge in [-0.25, -0.2) is 9.97 Å². The SMILES string of the molecule is COc1cc(CCc2cnc3[nH]c(-c4cnn(CC(=O)N5CCN(C)CC5)c4)cc3n2)cc(OC)c1. The van der Waals surface area contributed by atoms with Crippen molar-refractivity contribution in [1.82, 2.24) is 34.5 Å². The minimum absolute atomic E-state index is 0.0935. The van der Waals surface area contributed by atoms with Crippen molar-refractivity contribution in [3.05, 3.63) is 54.1 Å². The van der Waals surface area contributed by atoms with E-state index in [1.54, 1.807) is 31.3 Å². The highest BCUT2D eigenvalue weighted by atomic mass is 16.5. The third kappa shape index (κ3) is 5.33. The maximum atomic E-state index is 12.6. The van der Waals surface area contributed by atoms with Gasteiger partial charge in [-0.05, 0) is 43.7 Å². The molecule has 0 aliphatic carbocycles. The lowest BCUT2D eigenvalue weighted by molar-refractivity contribution is -0.133. The molecule has 0 saturated carbocycles. The van der Waals surface area contributed by atoms with Gasteiger partial charge >= 0.3 is 0 Å². The maximum Gasteiger partial charge on any atom is 0.244 e. The summed E-state index contributed by atoms with van der Waals surface area (Å²) in [6.07, 6.45) is 6.98. The van der Waals surface area contributed by atoms with Gasteiger partial charge < -0.3 is 24.3 Å². The van der Waals surface area contributed by atoms with Gasteiger partial charge in [-0.15, -0.1) is 0 Å². The number of likely N-dealkylation sites (N-methyl/N-ethyl adjacent to an activating group) is 1. The Labute approximate surface area is 209 Å². The van der Waals surface area contributed by atoms with Crippen LogP contribution in [0.15, 0.2) is 42.9 Å². The van der Waals surface area contributed by atoms with E-state index in [0.29, 0.717) is 0 Å². The van der Waals surface area contributed by atoms with Crippen molar-refractivity contribution >= 4 is 17.1 Å². The first kappa shape index (κ1) is 23.8. The lowest BCUT2D eigenvalue weighted by atomic mass is 10.1. The normalized spacial score (nSPS) is 14.4. The van der Waals surface area contributed by atoms with Crippen LogP contribution in [-0.4, -0.2) is 87.9 Å². The largest absolute Gasteiger partial charge is 0.497 e. The summed E-state index contributed by atoms with van der Waals surface area (Å²) in [6.45, 7) is 3.56. The van der Waals surface area contributed by atoms with Crippen LogP contribution >= 0.6 is 0 Å². The van der Waals surface area contributed by atoms with Crippen LogP contribution in [0.3, 0.4) is 0 Å². The van der Waals surface area contributed by atoms with Crippen LogP contribution < -0.4 is 9.47 Å². The zero-order valence-corrected chi connectivity index (χ0v) is 20.9. The Kier molecular flexibility index (Phi) is 6.86. The average molecular weight is 490 g/mol. The molecule has 188 valence electrons. The van der Waals surface area contributed by atoms with Crippen LogP contribution in [0.4, 0.5) is 0 Å². The van der Waals surface area contributed by atoms with Gasteiger partial charge in [0.05, 0.1) is 38.0 Å². The van der Waals surface area contributed by atoms with Gasteiger partial charge in [0.2, 0.25) is 5.91 Å². The molecule has 36 heavy (non-hydrogen) atoms. The third-order valence-corrected chi connectivity index (χ3v) is 6.56. The monoisotopic (exact) mass is 489 g/mol. The van der Waals surface area contributed by atoms with Crippen LogP contribution in [0.5, 0.6) is 11.5 Å². The third-order valence-electron chi connectivity index (χ3n) is 6.56. The Hall–Kier alpha value is -3.92. The number of hydrogen-bond donors (Lipinski definition) is 1. The molecule has 0 atom stereocenters. The maximum absolute atomic E-state index is 12.6. The van der Waals surface area contributed by atoms with Gasteiger partial charge in [0.15, 0.2) is 5.65 Å². The van der Waals surface area contributed by atoms with Crippen molar-refractivity contribution in [2.24, 2.45) is 0 Å². The minimum atomic E-state index is 0.0935. The van der Waals surface area contributed by atoms with E-state index < -0.39 is 0 Å². The Balaban J connectivity index is 1.25. The fraction of sp³-hybridized carbons (Fsp3) is 0.385. The Morgan fingerprint density at radius 1 is 1.00 bits per heavy atom. The van der Waals surface area contributed by atoms with Crippen molar-refractivity contribution in [3.63, 3.8) is 0 Å². The molecule has 0 bridgehead atoms. The number of hydrogen-bond acceptors (Lipinski definition) is 7. The number of carbonyl (C=O) groups excluding carboxylic acids is 1. The molecule has 0 spiro atoms. The minimum Gasteiger partial charge on any atom is -0.497 e. The highest BCUT2D eigenvalue weighted by molar-refractivity contribution is 5.79. The number of aromatic nitrogens is 5. The number of methoxy groups -OCH3 is 2. The van der Waals surface area contributed by atoms with E-state index in [9.17, 15) is 4.79 Å². The number of nitrogens with one attached hydrogen (secondary N) is 1. The number of nitrogens with zero attached hydrogens (tertiary/aromatic N) is 6. The molecule has 10 nitrogen and oxygen atoms in total. The molecule has 1 aliphatic rings. The van der Waals surface area contributed by atoms with Crippen molar-refractivity contribution in [1.29, 1.82) is 0 Å². The number of rotatable bonds is 8. The number of piperazine rings is 1. The first-order valence-corrected chi connectivity index (χ1v) is 12.1. The fourth-order valence-corrected chi connectivity index (χ4v) is 4.38. The van der Waals surface area contributed by atoms with Gasteiger partial charge in [0.1, 0.15) is 23.6 Å². The number of carbonyl (C=O) groups is 1. The molecule has 1 fully saturated rings. The predicted octanol–water partition coefficient (Wildman–Crippen LogP) is 2.40. The molecule has 4 aromatic rings. The number of benzene rings is 1. The molecule has 0 unspecified atom stereocenters. The second-order valence-electron chi connectivity index (χ2n) is 9.11. The Morgan fingerprint density at radius 2 is 1.75 bits per heavy atom.